The number of nitrogens with zero attached hydrogens (tertiary/aromatic N) is 2. The molecule has 1 saturated heterocycles. The first-order valence-electron chi connectivity index (χ1n) is 12.1. The molecule has 7 nitrogen and oxygen atoms in total. The van der Waals surface area contributed by atoms with Gasteiger partial charge in [-0.25, -0.2) is 0 Å². The van der Waals surface area contributed by atoms with E-state index in [-0.39, 0.29) is 29.9 Å². The summed E-state index contributed by atoms with van der Waals surface area (Å²) in [6.07, 6.45) is 2.50. The Kier molecular flexibility index (Phi) is 9.73. The Hall–Kier alpha value is -3.11. The van der Waals surface area contributed by atoms with Crippen molar-refractivity contribution in [3.8, 4) is 11.5 Å². The van der Waals surface area contributed by atoms with Gasteiger partial charge in [-0.15, -0.1) is 0 Å². The number of benzene rings is 3. The molecule has 0 N–H and O–H groups in total. The minimum atomic E-state index is -0.537. The fourth-order valence-electron chi connectivity index (χ4n) is 4.01. The van der Waals surface area contributed by atoms with Crippen LogP contribution < -0.4 is 14.4 Å². The predicted octanol–water partition coefficient (Wildman–Crippen LogP) is 7.05. The fraction of sp³-hybridized carbons (Fsp3) is 0.207. The van der Waals surface area contributed by atoms with E-state index in [1.165, 1.54) is 24.0 Å². The van der Waals surface area contributed by atoms with Crippen molar-refractivity contribution in [1.82, 2.24) is 4.90 Å². The molecule has 0 atom stereocenters. The number of ether oxygens (including phenoxy) is 3. The normalized spacial score (nSPS) is 14.2. The van der Waals surface area contributed by atoms with Gasteiger partial charge < -0.3 is 19.1 Å². The molecule has 0 spiro atoms. The number of esters is 1. The molecule has 0 aliphatic carbocycles. The molecule has 1 amide bonds. The number of hydrogen-bond acceptors (Lipinski definition) is 6. The van der Waals surface area contributed by atoms with Crippen molar-refractivity contribution >= 4 is 80.1 Å². The maximum absolute atomic E-state index is 13.7. The Morgan fingerprint density at radius 2 is 1.77 bits per heavy atom. The van der Waals surface area contributed by atoms with E-state index in [1.807, 2.05) is 24.3 Å². The lowest BCUT2D eigenvalue weighted by Crippen LogP contribution is -2.35. The molecule has 1 aliphatic heterocycles. The summed E-state index contributed by atoms with van der Waals surface area (Å²) in [5.74, 6) is -0.0215. The highest BCUT2D eigenvalue weighted by Crippen LogP contribution is 2.37. The first kappa shape index (κ1) is 29.9. The molecule has 40 heavy (non-hydrogen) atoms. The van der Waals surface area contributed by atoms with Crippen molar-refractivity contribution in [3.63, 3.8) is 0 Å². The topological polar surface area (TPSA) is 68.3 Å². The van der Waals surface area contributed by atoms with Crippen LogP contribution in [0.3, 0.4) is 0 Å². The van der Waals surface area contributed by atoms with E-state index in [1.54, 1.807) is 36.4 Å². The number of rotatable bonds is 9. The maximum atomic E-state index is 13.7. The number of halogens is 3. The highest BCUT2D eigenvalue weighted by Gasteiger charge is 2.40. The lowest BCUT2D eigenvalue weighted by atomic mass is 10.1. The molecular weight excluding hydrogens is 639 g/mol. The minimum absolute atomic E-state index is 0.175. The average molecular weight is 664 g/mol. The van der Waals surface area contributed by atoms with Crippen LogP contribution in [0.2, 0.25) is 10.0 Å². The van der Waals surface area contributed by atoms with E-state index in [0.717, 1.165) is 17.5 Å². The highest BCUT2D eigenvalue weighted by molar-refractivity contribution is 9.10. The number of methoxy groups -OCH3 is 2. The summed E-state index contributed by atoms with van der Waals surface area (Å²) in [7, 11) is 2.80. The predicted molar refractivity (Wildman–Crippen MR) is 164 cm³/mol. The van der Waals surface area contributed by atoms with E-state index in [0.29, 0.717) is 37.3 Å². The first-order valence-corrected chi connectivity index (χ1v) is 14.1. The van der Waals surface area contributed by atoms with Gasteiger partial charge in [-0.2, -0.15) is 0 Å². The lowest BCUT2D eigenvalue weighted by molar-refractivity contribution is -0.140. The zero-order valence-electron chi connectivity index (χ0n) is 21.9. The highest BCUT2D eigenvalue weighted by atomic mass is 79.9. The monoisotopic (exact) mass is 662 g/mol. The van der Waals surface area contributed by atoms with Gasteiger partial charge in [-0.3, -0.25) is 14.5 Å². The van der Waals surface area contributed by atoms with Crippen molar-refractivity contribution in [2.75, 3.05) is 25.7 Å². The molecule has 3 aromatic rings. The Morgan fingerprint density at radius 1 is 1.05 bits per heavy atom. The van der Waals surface area contributed by atoms with Gasteiger partial charge in [0, 0.05) is 20.1 Å². The number of anilines is 1. The van der Waals surface area contributed by atoms with Gasteiger partial charge in [0.2, 0.25) is 0 Å². The van der Waals surface area contributed by atoms with Crippen LogP contribution in [-0.2, 0) is 27.4 Å². The Bertz CT molecular complexity index is 1500. The van der Waals surface area contributed by atoms with Crippen LogP contribution in [0.5, 0.6) is 11.5 Å². The number of aryl methyl sites for hydroxylation is 1. The van der Waals surface area contributed by atoms with Gasteiger partial charge in [0.25, 0.3) is 5.91 Å². The molecule has 0 saturated carbocycles. The Balaban J connectivity index is 1.69. The van der Waals surface area contributed by atoms with Crippen LogP contribution in [0.4, 0.5) is 5.69 Å². The van der Waals surface area contributed by atoms with Gasteiger partial charge in [0.15, 0.2) is 16.6 Å². The van der Waals surface area contributed by atoms with Crippen LogP contribution in [0, 0.1) is 0 Å². The third-order valence-electron chi connectivity index (χ3n) is 6.23. The fourth-order valence-corrected chi connectivity index (χ4v) is 5.26. The molecule has 4 rings (SSSR count). The van der Waals surface area contributed by atoms with E-state index >= 15 is 0 Å². The molecule has 11 heteroatoms. The Morgan fingerprint density at radius 3 is 2.40 bits per heavy atom. The largest absolute Gasteiger partial charge is 0.493 e. The standard InChI is InChI=1S/C29H25BrCl2N2O5S/c1-4-17-5-9-21(10-6-17)34-28(36)24(33(29(34)40)15-27(35)38-3)11-19-12-25(37-2)26(14-22(19)30)39-16-18-7-8-20(31)13-23(18)32/h5-14H,4,15-16H2,1-3H3/b24-11-. The number of carbonyl (C=O) groups excluding carboxylic acids is 2. The van der Waals surface area contributed by atoms with Gasteiger partial charge in [-0.1, -0.05) is 64.3 Å². The minimum Gasteiger partial charge on any atom is -0.493 e. The molecule has 1 heterocycles. The first-order chi connectivity index (χ1) is 19.2. The third kappa shape index (κ3) is 6.44. The third-order valence-corrected chi connectivity index (χ3v) is 7.90. The summed E-state index contributed by atoms with van der Waals surface area (Å²) >= 11 is 21.5. The van der Waals surface area contributed by atoms with Crippen LogP contribution in [0.15, 0.2) is 64.8 Å². The Labute approximate surface area is 256 Å². The summed E-state index contributed by atoms with van der Waals surface area (Å²) in [5.41, 5.74) is 3.30. The average Bonchev–Trinajstić information content (AvgIpc) is 3.17. The molecule has 0 aromatic heterocycles. The van der Waals surface area contributed by atoms with Crippen molar-refractivity contribution in [1.29, 1.82) is 0 Å². The van der Waals surface area contributed by atoms with Gasteiger partial charge >= 0.3 is 5.97 Å². The molecule has 0 bridgehead atoms. The zero-order valence-corrected chi connectivity index (χ0v) is 25.8. The second-order valence-corrected chi connectivity index (χ2v) is 10.7. The number of amides is 1. The lowest BCUT2D eigenvalue weighted by Gasteiger charge is -2.19. The summed E-state index contributed by atoms with van der Waals surface area (Å²) in [5, 5.41) is 1.20. The summed E-state index contributed by atoms with van der Waals surface area (Å²) in [6.45, 7) is 2.01. The summed E-state index contributed by atoms with van der Waals surface area (Å²) in [4.78, 5) is 28.8. The molecule has 0 radical (unpaired) electrons. The van der Waals surface area contributed by atoms with Gasteiger partial charge in [-0.05, 0) is 72.2 Å². The second kappa shape index (κ2) is 13.0. The van der Waals surface area contributed by atoms with E-state index < -0.39 is 5.97 Å². The van der Waals surface area contributed by atoms with Crippen molar-refractivity contribution in [3.05, 3.63) is 91.5 Å². The van der Waals surface area contributed by atoms with E-state index in [9.17, 15) is 9.59 Å². The van der Waals surface area contributed by atoms with Crippen molar-refractivity contribution in [2.24, 2.45) is 0 Å². The SMILES string of the molecule is CCc1ccc(N2C(=O)/C(=C/c3cc(OC)c(OCc4ccc(Cl)cc4Cl)cc3Br)N(CC(=O)OC)C2=S)cc1. The molecule has 0 unspecified atom stereocenters. The van der Waals surface area contributed by atoms with Crippen molar-refractivity contribution < 1.29 is 23.8 Å². The molecule has 1 aliphatic rings. The van der Waals surface area contributed by atoms with E-state index in [2.05, 4.69) is 22.9 Å². The van der Waals surface area contributed by atoms with Gasteiger partial charge in [0.1, 0.15) is 18.8 Å². The number of hydrogen-bond donors (Lipinski definition) is 0. The number of thiocarbonyl (C=S) groups is 1. The van der Waals surface area contributed by atoms with Crippen LogP contribution in [-0.4, -0.2) is 42.7 Å². The van der Waals surface area contributed by atoms with E-state index in [4.69, 9.17) is 49.6 Å². The van der Waals surface area contributed by atoms with Crippen LogP contribution >= 0.6 is 51.3 Å². The molecule has 3 aromatic carbocycles. The van der Waals surface area contributed by atoms with Crippen LogP contribution in [0.1, 0.15) is 23.6 Å². The van der Waals surface area contributed by atoms with Crippen molar-refractivity contribution in [2.45, 2.75) is 20.0 Å². The zero-order chi connectivity index (χ0) is 29.0. The molecular formula is C29H25BrCl2N2O5S. The summed E-state index contributed by atoms with van der Waals surface area (Å²) in [6, 6.07) is 16.2. The number of carbonyl (C=O) groups is 2. The maximum Gasteiger partial charge on any atom is 0.325 e. The van der Waals surface area contributed by atoms with Gasteiger partial charge in [0.05, 0.1) is 19.9 Å². The summed E-state index contributed by atoms with van der Waals surface area (Å²) < 4.78 is 17.0. The second-order valence-electron chi connectivity index (χ2n) is 8.68. The smallest absolute Gasteiger partial charge is 0.325 e. The molecule has 1 fully saturated rings. The quantitative estimate of drug-likeness (QED) is 0.138. The molecule has 208 valence electrons. The van der Waals surface area contributed by atoms with Crippen LogP contribution in [0.25, 0.3) is 6.08 Å².